The van der Waals surface area contributed by atoms with Crippen molar-refractivity contribution in [1.82, 2.24) is 0 Å². The van der Waals surface area contributed by atoms with Crippen molar-refractivity contribution in [3.8, 4) is 5.75 Å². The highest BCUT2D eigenvalue weighted by atomic mass is 35.5. The normalized spacial score (nSPS) is 20.5. The van der Waals surface area contributed by atoms with Crippen molar-refractivity contribution >= 4 is 28.1 Å². The van der Waals surface area contributed by atoms with Gasteiger partial charge in [0.15, 0.2) is 0 Å². The van der Waals surface area contributed by atoms with Crippen LogP contribution in [0.2, 0.25) is 0 Å². The van der Waals surface area contributed by atoms with Gasteiger partial charge in [-0.05, 0) is 41.3 Å². The Balaban J connectivity index is 2.14. The number of alkyl halides is 1. The van der Waals surface area contributed by atoms with Crippen molar-refractivity contribution in [1.29, 1.82) is 0 Å². The van der Waals surface area contributed by atoms with Crippen LogP contribution in [0.3, 0.4) is 0 Å². The molecule has 0 amide bonds. The number of hydrogen-bond acceptors (Lipinski definition) is 2. The standard InChI is InChI=1S/C17H18ClNO/c1-19-9-11(8-18)16-14(19)7-15(20)13-6-5-10-3-2-4-12(10)17(13)16/h5-7,11,20H,2-4,8-9H2,1H3. The summed E-state index contributed by atoms with van der Waals surface area (Å²) in [5, 5.41) is 12.7. The fourth-order valence-electron chi connectivity index (χ4n) is 3.98. The van der Waals surface area contributed by atoms with E-state index in [2.05, 4.69) is 24.1 Å². The van der Waals surface area contributed by atoms with Crippen molar-refractivity contribution in [3.05, 3.63) is 34.9 Å². The van der Waals surface area contributed by atoms with E-state index in [1.54, 1.807) is 0 Å². The van der Waals surface area contributed by atoms with Gasteiger partial charge in [-0.2, -0.15) is 0 Å². The van der Waals surface area contributed by atoms with E-state index >= 15 is 0 Å². The summed E-state index contributed by atoms with van der Waals surface area (Å²) >= 11 is 6.20. The van der Waals surface area contributed by atoms with E-state index in [-0.39, 0.29) is 0 Å². The number of nitrogens with zero attached hydrogens (tertiary/aromatic N) is 1. The molecular weight excluding hydrogens is 270 g/mol. The first-order valence-electron chi connectivity index (χ1n) is 7.28. The second-order valence-corrected chi connectivity index (χ2v) is 6.35. The molecule has 2 aromatic carbocycles. The summed E-state index contributed by atoms with van der Waals surface area (Å²) in [6.07, 6.45) is 3.51. The molecule has 2 nitrogen and oxygen atoms in total. The summed E-state index contributed by atoms with van der Waals surface area (Å²) in [7, 11) is 2.08. The molecule has 2 aliphatic rings. The van der Waals surface area contributed by atoms with Gasteiger partial charge in [-0.3, -0.25) is 0 Å². The lowest BCUT2D eigenvalue weighted by Crippen LogP contribution is -2.15. The zero-order valence-electron chi connectivity index (χ0n) is 11.6. The van der Waals surface area contributed by atoms with Gasteiger partial charge in [0.25, 0.3) is 0 Å². The van der Waals surface area contributed by atoms with Crippen molar-refractivity contribution in [2.75, 3.05) is 24.4 Å². The molecule has 1 atom stereocenters. The number of aromatic hydroxyl groups is 1. The predicted octanol–water partition coefficient (Wildman–Crippen LogP) is 3.81. The Morgan fingerprint density at radius 3 is 3.00 bits per heavy atom. The van der Waals surface area contributed by atoms with E-state index in [0.29, 0.717) is 17.5 Å². The van der Waals surface area contributed by atoms with Crippen LogP contribution < -0.4 is 4.90 Å². The molecule has 1 aliphatic heterocycles. The van der Waals surface area contributed by atoms with Gasteiger partial charge in [-0.25, -0.2) is 0 Å². The zero-order valence-corrected chi connectivity index (χ0v) is 12.4. The maximum Gasteiger partial charge on any atom is 0.125 e. The Morgan fingerprint density at radius 2 is 2.20 bits per heavy atom. The summed E-state index contributed by atoms with van der Waals surface area (Å²) in [5.41, 5.74) is 5.41. The molecule has 1 unspecified atom stereocenters. The lowest BCUT2D eigenvalue weighted by atomic mass is 9.90. The third-order valence-corrected chi connectivity index (χ3v) is 5.25. The second-order valence-electron chi connectivity index (χ2n) is 6.04. The molecule has 0 aromatic heterocycles. The first-order valence-corrected chi connectivity index (χ1v) is 7.81. The van der Waals surface area contributed by atoms with E-state index in [1.165, 1.54) is 28.5 Å². The molecule has 4 rings (SSSR count). The van der Waals surface area contributed by atoms with Gasteiger partial charge in [0, 0.05) is 42.5 Å². The molecule has 2 aromatic rings. The number of aryl methyl sites for hydroxylation is 2. The quantitative estimate of drug-likeness (QED) is 0.806. The number of phenolic OH excluding ortho intramolecular Hbond substituents is 1. The summed E-state index contributed by atoms with van der Waals surface area (Å²) in [4.78, 5) is 2.22. The SMILES string of the molecule is CN1CC(CCl)c2c1cc(O)c1ccc3c(c21)CCC3. The van der Waals surface area contributed by atoms with E-state index in [4.69, 9.17) is 11.6 Å². The highest BCUT2D eigenvalue weighted by molar-refractivity contribution is 6.19. The number of hydrogen-bond donors (Lipinski definition) is 1. The van der Waals surface area contributed by atoms with Gasteiger partial charge < -0.3 is 10.0 Å². The third kappa shape index (κ3) is 1.51. The molecule has 104 valence electrons. The van der Waals surface area contributed by atoms with Crippen LogP contribution in [0, 0.1) is 0 Å². The fourth-order valence-corrected chi connectivity index (χ4v) is 4.23. The van der Waals surface area contributed by atoms with Crippen LogP contribution in [-0.4, -0.2) is 24.6 Å². The largest absolute Gasteiger partial charge is 0.507 e. The van der Waals surface area contributed by atoms with Gasteiger partial charge in [0.05, 0.1) is 0 Å². The zero-order chi connectivity index (χ0) is 13.9. The monoisotopic (exact) mass is 287 g/mol. The minimum absolute atomic E-state index is 0.367. The number of phenols is 1. The Kier molecular flexibility index (Phi) is 2.65. The highest BCUT2D eigenvalue weighted by Gasteiger charge is 2.31. The van der Waals surface area contributed by atoms with E-state index in [1.807, 2.05) is 6.07 Å². The lowest BCUT2D eigenvalue weighted by molar-refractivity contribution is 0.481. The van der Waals surface area contributed by atoms with E-state index < -0.39 is 0 Å². The Hall–Kier alpha value is -1.41. The molecule has 0 radical (unpaired) electrons. The van der Waals surface area contributed by atoms with Crippen LogP contribution in [0.4, 0.5) is 5.69 Å². The Labute approximate surface area is 124 Å². The average molecular weight is 288 g/mol. The van der Waals surface area contributed by atoms with Crippen molar-refractivity contribution in [2.45, 2.75) is 25.2 Å². The Morgan fingerprint density at radius 1 is 1.35 bits per heavy atom. The summed E-state index contributed by atoms with van der Waals surface area (Å²) in [5.74, 6) is 1.41. The number of rotatable bonds is 1. The van der Waals surface area contributed by atoms with Crippen LogP contribution in [0.15, 0.2) is 18.2 Å². The van der Waals surface area contributed by atoms with Crippen molar-refractivity contribution in [3.63, 3.8) is 0 Å². The number of benzene rings is 2. The van der Waals surface area contributed by atoms with Crippen LogP contribution in [0.5, 0.6) is 5.75 Å². The second kappa shape index (κ2) is 4.29. The lowest BCUT2D eigenvalue weighted by Gasteiger charge is -2.16. The van der Waals surface area contributed by atoms with Gasteiger partial charge >= 0.3 is 0 Å². The summed E-state index contributed by atoms with van der Waals surface area (Å²) in [6, 6.07) is 6.18. The Bertz CT molecular complexity index is 710. The van der Waals surface area contributed by atoms with E-state index in [9.17, 15) is 5.11 Å². The summed E-state index contributed by atoms with van der Waals surface area (Å²) < 4.78 is 0. The maximum atomic E-state index is 10.4. The molecule has 1 heterocycles. The topological polar surface area (TPSA) is 23.5 Å². The first kappa shape index (κ1) is 12.3. The summed E-state index contributed by atoms with van der Waals surface area (Å²) in [6.45, 7) is 0.945. The fraction of sp³-hybridized carbons (Fsp3) is 0.412. The minimum atomic E-state index is 0.367. The first-order chi connectivity index (χ1) is 9.70. The third-order valence-electron chi connectivity index (χ3n) is 4.88. The highest BCUT2D eigenvalue weighted by Crippen LogP contribution is 2.47. The predicted molar refractivity (Wildman–Crippen MR) is 84.4 cm³/mol. The number of anilines is 1. The molecule has 0 fully saturated rings. The van der Waals surface area contributed by atoms with Gasteiger partial charge in [-0.1, -0.05) is 12.1 Å². The van der Waals surface area contributed by atoms with E-state index in [0.717, 1.165) is 30.5 Å². The van der Waals surface area contributed by atoms with Crippen LogP contribution in [0.25, 0.3) is 10.8 Å². The molecule has 1 aliphatic carbocycles. The van der Waals surface area contributed by atoms with Crippen molar-refractivity contribution < 1.29 is 5.11 Å². The minimum Gasteiger partial charge on any atom is -0.507 e. The van der Waals surface area contributed by atoms with Gasteiger partial charge in [0.2, 0.25) is 0 Å². The molecular formula is C17H18ClNO. The number of halogens is 1. The molecule has 0 spiro atoms. The van der Waals surface area contributed by atoms with Crippen LogP contribution >= 0.6 is 11.6 Å². The van der Waals surface area contributed by atoms with Gasteiger partial charge in [0.1, 0.15) is 5.75 Å². The van der Waals surface area contributed by atoms with Crippen molar-refractivity contribution in [2.24, 2.45) is 0 Å². The molecule has 3 heteroatoms. The van der Waals surface area contributed by atoms with Gasteiger partial charge in [-0.15, -0.1) is 11.6 Å². The maximum absolute atomic E-state index is 10.4. The van der Waals surface area contributed by atoms with Crippen LogP contribution in [-0.2, 0) is 12.8 Å². The molecule has 1 N–H and O–H groups in total. The molecule has 0 bridgehead atoms. The number of fused-ring (bicyclic) bond motifs is 5. The smallest absolute Gasteiger partial charge is 0.125 e. The molecule has 0 saturated carbocycles. The molecule has 0 saturated heterocycles. The molecule has 20 heavy (non-hydrogen) atoms. The number of likely N-dealkylation sites (N-methyl/N-ethyl adjacent to an activating group) is 1. The van der Waals surface area contributed by atoms with Crippen LogP contribution in [0.1, 0.15) is 29.0 Å². The average Bonchev–Trinajstić information content (AvgIpc) is 3.03.